The van der Waals surface area contributed by atoms with E-state index in [1.807, 2.05) is 0 Å². The Morgan fingerprint density at radius 1 is 0.923 bits per heavy atom. The summed E-state index contributed by atoms with van der Waals surface area (Å²) in [5.41, 5.74) is 16.6. The van der Waals surface area contributed by atoms with Gasteiger partial charge in [0.2, 0.25) is 0 Å². The van der Waals surface area contributed by atoms with Crippen molar-refractivity contribution in [1.29, 1.82) is 0 Å². The van der Waals surface area contributed by atoms with Gasteiger partial charge in [-0.05, 0) is 127 Å². The molecule has 0 amide bonds. The van der Waals surface area contributed by atoms with Crippen LogP contribution in [0.5, 0.6) is 0 Å². The maximum atomic E-state index is 4.80. The summed E-state index contributed by atoms with van der Waals surface area (Å²) in [5, 5.41) is 0. The van der Waals surface area contributed by atoms with Gasteiger partial charge in [0, 0.05) is 16.5 Å². The number of benzene rings is 2. The van der Waals surface area contributed by atoms with Gasteiger partial charge in [-0.2, -0.15) is 0 Å². The van der Waals surface area contributed by atoms with Crippen molar-refractivity contribution in [3.8, 4) is 11.8 Å². The Kier molecular flexibility index (Phi) is 6.38. The van der Waals surface area contributed by atoms with Gasteiger partial charge in [0.25, 0.3) is 0 Å². The fourth-order valence-corrected chi connectivity index (χ4v) is 8.62. The first-order chi connectivity index (χ1) is 18.3. The minimum Gasteiger partial charge on any atom is -0.0955 e. The zero-order valence-corrected chi connectivity index (χ0v) is 25.4. The minimum absolute atomic E-state index is 0.00326. The van der Waals surface area contributed by atoms with Crippen LogP contribution in [0.3, 0.4) is 0 Å². The van der Waals surface area contributed by atoms with E-state index in [-0.39, 0.29) is 16.2 Å². The molecule has 0 unspecified atom stereocenters. The summed E-state index contributed by atoms with van der Waals surface area (Å²) in [6.45, 7) is 32.5. The fourth-order valence-electron chi connectivity index (χ4n) is 8.62. The van der Waals surface area contributed by atoms with Gasteiger partial charge >= 0.3 is 0 Å². The number of hydrogen-bond acceptors (Lipinski definition) is 0. The third-order valence-corrected chi connectivity index (χ3v) is 10.5. The van der Waals surface area contributed by atoms with Crippen molar-refractivity contribution in [1.82, 2.24) is 0 Å². The van der Waals surface area contributed by atoms with Crippen LogP contribution in [-0.4, -0.2) is 0 Å². The van der Waals surface area contributed by atoms with E-state index < -0.39 is 0 Å². The van der Waals surface area contributed by atoms with Crippen LogP contribution in [0.2, 0.25) is 0 Å². The van der Waals surface area contributed by atoms with E-state index in [0.29, 0.717) is 0 Å². The quantitative estimate of drug-likeness (QED) is 0.351. The molecule has 39 heavy (non-hydrogen) atoms. The summed E-state index contributed by atoms with van der Waals surface area (Å²) < 4.78 is 0. The van der Waals surface area contributed by atoms with Crippen molar-refractivity contribution < 1.29 is 0 Å². The topological polar surface area (TPSA) is 0 Å². The maximum Gasteiger partial charge on any atom is 0.0287 e. The summed E-state index contributed by atoms with van der Waals surface area (Å²) in [5.74, 6) is 7.02. The smallest absolute Gasteiger partial charge is 0.0287 e. The maximum absolute atomic E-state index is 4.80. The molecule has 2 aromatic carbocycles. The molecular formula is C39H44. The van der Waals surface area contributed by atoms with Crippen LogP contribution in [0.1, 0.15) is 94.7 Å². The van der Waals surface area contributed by atoms with Gasteiger partial charge in [-0.3, -0.25) is 0 Å². The van der Waals surface area contributed by atoms with E-state index in [1.165, 1.54) is 55.7 Å². The molecule has 0 bridgehead atoms. The molecule has 0 aromatic heterocycles. The normalized spacial score (nSPS) is 27.9. The van der Waals surface area contributed by atoms with E-state index in [0.717, 1.165) is 42.4 Å². The highest BCUT2D eigenvalue weighted by Gasteiger charge is 2.59. The van der Waals surface area contributed by atoms with Crippen molar-refractivity contribution in [2.24, 2.45) is 16.2 Å². The number of hydrogen-bond donors (Lipinski definition) is 0. The lowest BCUT2D eigenvalue weighted by Gasteiger charge is -2.62. The second kappa shape index (κ2) is 9.13. The molecule has 3 atom stereocenters. The Bertz CT molecular complexity index is 1570. The minimum atomic E-state index is -0.133. The Hall–Kier alpha value is -3.30. The zero-order chi connectivity index (χ0) is 28.5. The van der Waals surface area contributed by atoms with Gasteiger partial charge in [0.1, 0.15) is 0 Å². The lowest BCUT2D eigenvalue weighted by atomic mass is 9.41. The van der Waals surface area contributed by atoms with Crippen molar-refractivity contribution in [2.75, 3.05) is 0 Å². The first kappa shape index (κ1) is 27.3. The highest BCUT2D eigenvalue weighted by molar-refractivity contribution is 5.87. The third kappa shape index (κ3) is 3.89. The average molecular weight is 513 g/mol. The summed E-state index contributed by atoms with van der Waals surface area (Å²) in [4.78, 5) is 0. The van der Waals surface area contributed by atoms with Crippen molar-refractivity contribution >= 4 is 5.57 Å². The average Bonchev–Trinajstić information content (AvgIpc) is 2.85. The first-order valence-electron chi connectivity index (χ1n) is 14.5. The number of rotatable bonds is 2. The summed E-state index contributed by atoms with van der Waals surface area (Å²) in [6, 6.07) is 13.1. The second-order valence-electron chi connectivity index (χ2n) is 13.3. The lowest BCUT2D eigenvalue weighted by Crippen LogP contribution is -2.52. The zero-order valence-electron chi connectivity index (χ0n) is 25.4. The van der Waals surface area contributed by atoms with Crippen LogP contribution in [-0.2, 0) is 12.8 Å². The SMILES string of the molecule is C=C(C)C1=C(C)C[C@@]2(C)C[C@@]3(C)Cc4c(C#Cc5ccc(CC)cc5)ccc(C)c4C(=C)C3=C(C)[C@@]2(C)C1=C. The highest BCUT2D eigenvalue weighted by Crippen LogP contribution is 2.70. The van der Waals surface area contributed by atoms with Gasteiger partial charge in [0.15, 0.2) is 0 Å². The van der Waals surface area contributed by atoms with E-state index in [2.05, 4.69) is 110 Å². The van der Waals surface area contributed by atoms with Crippen LogP contribution in [0.15, 0.2) is 89.6 Å². The van der Waals surface area contributed by atoms with Crippen LogP contribution in [0.4, 0.5) is 0 Å². The van der Waals surface area contributed by atoms with Gasteiger partial charge in [-0.25, -0.2) is 0 Å². The molecule has 0 heteroatoms. The van der Waals surface area contributed by atoms with E-state index >= 15 is 0 Å². The molecule has 0 N–H and O–H groups in total. The van der Waals surface area contributed by atoms with Crippen molar-refractivity contribution in [3.05, 3.63) is 123 Å². The van der Waals surface area contributed by atoms with E-state index in [1.54, 1.807) is 0 Å². The first-order valence-corrected chi connectivity index (χ1v) is 14.5. The monoisotopic (exact) mass is 512 g/mol. The van der Waals surface area contributed by atoms with Crippen LogP contribution in [0.25, 0.3) is 5.57 Å². The molecule has 5 rings (SSSR count). The predicted octanol–water partition coefficient (Wildman–Crippen LogP) is 10.1. The van der Waals surface area contributed by atoms with E-state index in [4.69, 9.17) is 13.2 Å². The molecular weight excluding hydrogens is 468 g/mol. The number of fused-ring (bicyclic) bond motifs is 3. The van der Waals surface area contributed by atoms with Crippen molar-refractivity contribution in [2.45, 2.75) is 81.1 Å². The summed E-state index contributed by atoms with van der Waals surface area (Å²) in [6.07, 6.45) is 4.20. The largest absolute Gasteiger partial charge is 0.0955 e. The van der Waals surface area contributed by atoms with Gasteiger partial charge in [-0.1, -0.05) is 94.2 Å². The van der Waals surface area contributed by atoms with Crippen LogP contribution in [0, 0.1) is 35.0 Å². The van der Waals surface area contributed by atoms with E-state index in [9.17, 15) is 0 Å². The summed E-state index contributed by atoms with van der Waals surface area (Å²) in [7, 11) is 0. The lowest BCUT2D eigenvalue weighted by molar-refractivity contribution is 0.0544. The molecule has 0 heterocycles. The highest BCUT2D eigenvalue weighted by atomic mass is 14.6. The molecule has 200 valence electrons. The molecule has 0 saturated carbocycles. The molecule has 0 fully saturated rings. The van der Waals surface area contributed by atoms with Gasteiger partial charge in [-0.15, -0.1) is 0 Å². The number of allylic oxidation sites excluding steroid dienone is 7. The molecule has 0 spiro atoms. The van der Waals surface area contributed by atoms with Crippen LogP contribution >= 0.6 is 0 Å². The van der Waals surface area contributed by atoms with Crippen LogP contribution < -0.4 is 0 Å². The van der Waals surface area contributed by atoms with Gasteiger partial charge in [0.05, 0.1) is 0 Å². The predicted molar refractivity (Wildman–Crippen MR) is 169 cm³/mol. The molecule has 3 aliphatic carbocycles. The Morgan fingerprint density at radius 3 is 2.21 bits per heavy atom. The standard InChI is InChI=1S/C39H44/c1-12-30-14-16-31(17-15-30)18-20-32-19-13-25(4)35-27(6)36-29(8)39(11)28(7)34(24(2)3)26(5)21-38(39,10)23-37(36,9)22-33(32)35/h13-17,19H,2,6-7,12,21-23H2,1,3-5,8-11H3/t37-,38+,39-/m1/s1. The molecule has 2 aromatic rings. The fraction of sp³-hybridized carbons (Fsp3) is 0.385. The molecule has 0 radical (unpaired) electrons. The number of aryl methyl sites for hydroxylation is 2. The Balaban J connectivity index is 1.67. The molecule has 0 saturated heterocycles. The Morgan fingerprint density at radius 2 is 1.59 bits per heavy atom. The summed E-state index contributed by atoms with van der Waals surface area (Å²) >= 11 is 0. The second-order valence-corrected chi connectivity index (χ2v) is 13.3. The third-order valence-electron chi connectivity index (χ3n) is 10.5. The molecule has 0 nitrogen and oxygen atoms in total. The van der Waals surface area contributed by atoms with Gasteiger partial charge < -0.3 is 0 Å². The van der Waals surface area contributed by atoms with Crippen molar-refractivity contribution in [3.63, 3.8) is 0 Å². The molecule has 0 aliphatic heterocycles. The molecule has 3 aliphatic rings. The Labute approximate surface area is 237 Å².